The van der Waals surface area contributed by atoms with Crippen LogP contribution in [0.1, 0.15) is 43.4 Å². The lowest BCUT2D eigenvalue weighted by molar-refractivity contribution is 0.462. The molecule has 1 aromatic heterocycles. The van der Waals surface area contributed by atoms with Gasteiger partial charge in [-0.15, -0.1) is 0 Å². The van der Waals surface area contributed by atoms with Crippen molar-refractivity contribution in [2.24, 2.45) is 0 Å². The number of halogens is 1. The van der Waals surface area contributed by atoms with E-state index in [1.165, 1.54) is 44.2 Å². The highest BCUT2D eigenvalue weighted by Gasteiger charge is 2.14. The van der Waals surface area contributed by atoms with Crippen molar-refractivity contribution in [3.05, 3.63) is 47.4 Å². The molecular formula is C18H23FN4. The van der Waals surface area contributed by atoms with Gasteiger partial charge in [-0.3, -0.25) is 0 Å². The molecule has 2 aromatic rings. The summed E-state index contributed by atoms with van der Waals surface area (Å²) in [7, 11) is 0. The summed E-state index contributed by atoms with van der Waals surface area (Å²) in [6.45, 7) is 2.55. The highest BCUT2D eigenvalue weighted by atomic mass is 19.1. The maximum atomic E-state index is 12.9. The molecule has 3 rings (SSSR count). The van der Waals surface area contributed by atoms with Gasteiger partial charge >= 0.3 is 0 Å². The maximum absolute atomic E-state index is 12.9. The minimum absolute atomic E-state index is 0.223. The van der Waals surface area contributed by atoms with Crippen molar-refractivity contribution in [2.45, 2.75) is 51.6 Å². The van der Waals surface area contributed by atoms with Crippen molar-refractivity contribution in [1.29, 1.82) is 0 Å². The van der Waals surface area contributed by atoms with E-state index in [-0.39, 0.29) is 5.82 Å². The first-order chi connectivity index (χ1) is 11.2. The number of nitrogens with zero attached hydrogens (tertiary/aromatic N) is 2. The Bertz CT molecular complexity index is 636. The Morgan fingerprint density at radius 2 is 1.83 bits per heavy atom. The molecule has 0 bridgehead atoms. The van der Waals surface area contributed by atoms with Crippen LogP contribution in [0, 0.1) is 12.7 Å². The van der Waals surface area contributed by atoms with E-state index in [4.69, 9.17) is 0 Å². The summed E-state index contributed by atoms with van der Waals surface area (Å²) < 4.78 is 12.9. The molecule has 5 heteroatoms. The number of aryl methyl sites for hydroxylation is 1. The van der Waals surface area contributed by atoms with Gasteiger partial charge in [-0.05, 0) is 37.5 Å². The second-order valence-corrected chi connectivity index (χ2v) is 6.18. The first kappa shape index (κ1) is 15.7. The molecule has 1 aliphatic rings. The predicted octanol–water partition coefficient (Wildman–Crippen LogP) is 4.28. The second-order valence-electron chi connectivity index (χ2n) is 6.18. The van der Waals surface area contributed by atoms with Gasteiger partial charge in [0.25, 0.3) is 0 Å². The van der Waals surface area contributed by atoms with Crippen LogP contribution in [-0.4, -0.2) is 16.0 Å². The Morgan fingerprint density at radius 1 is 1.09 bits per heavy atom. The lowest BCUT2D eigenvalue weighted by Crippen LogP contribution is -2.23. The largest absolute Gasteiger partial charge is 0.367 e. The van der Waals surface area contributed by atoms with E-state index in [0.29, 0.717) is 18.5 Å². The monoisotopic (exact) mass is 314 g/mol. The van der Waals surface area contributed by atoms with Gasteiger partial charge in [0.05, 0.1) is 0 Å². The molecule has 122 valence electrons. The molecule has 0 aliphatic heterocycles. The minimum atomic E-state index is -0.223. The Labute approximate surface area is 136 Å². The topological polar surface area (TPSA) is 49.8 Å². The zero-order chi connectivity index (χ0) is 16.1. The van der Waals surface area contributed by atoms with Crippen LogP contribution >= 0.6 is 0 Å². The smallest absolute Gasteiger partial charge is 0.225 e. The molecule has 1 fully saturated rings. The molecule has 23 heavy (non-hydrogen) atoms. The Kier molecular flexibility index (Phi) is 5.05. The first-order valence-corrected chi connectivity index (χ1v) is 8.29. The van der Waals surface area contributed by atoms with Gasteiger partial charge in [-0.1, -0.05) is 31.4 Å². The third-order valence-electron chi connectivity index (χ3n) is 4.18. The fourth-order valence-electron chi connectivity index (χ4n) is 2.96. The fraction of sp³-hybridized carbons (Fsp3) is 0.444. The third kappa shape index (κ3) is 4.65. The highest BCUT2D eigenvalue weighted by Crippen LogP contribution is 2.21. The van der Waals surface area contributed by atoms with Crippen LogP contribution < -0.4 is 10.6 Å². The van der Waals surface area contributed by atoms with Crippen LogP contribution in [0.5, 0.6) is 0 Å². The average molecular weight is 314 g/mol. The van der Waals surface area contributed by atoms with Crippen molar-refractivity contribution >= 4 is 11.8 Å². The molecule has 1 aliphatic carbocycles. The quantitative estimate of drug-likeness (QED) is 0.865. The number of nitrogens with one attached hydrogen (secondary N) is 2. The van der Waals surface area contributed by atoms with Gasteiger partial charge in [0, 0.05) is 24.3 Å². The molecule has 0 atom stereocenters. The van der Waals surface area contributed by atoms with Gasteiger partial charge in [-0.25, -0.2) is 9.37 Å². The fourth-order valence-corrected chi connectivity index (χ4v) is 2.96. The highest BCUT2D eigenvalue weighted by molar-refractivity contribution is 5.43. The summed E-state index contributed by atoms with van der Waals surface area (Å²) in [5.41, 5.74) is 1.93. The van der Waals surface area contributed by atoms with Crippen LogP contribution in [0.25, 0.3) is 0 Å². The normalized spacial score (nSPS) is 15.4. The molecule has 1 heterocycles. The molecule has 0 amide bonds. The van der Waals surface area contributed by atoms with E-state index < -0.39 is 0 Å². The summed E-state index contributed by atoms with van der Waals surface area (Å²) in [6.07, 6.45) is 6.34. The molecule has 0 saturated heterocycles. The summed E-state index contributed by atoms with van der Waals surface area (Å²) in [6, 6.07) is 8.95. The standard InChI is InChI=1S/C18H23FN4/c1-13-11-17(22-16-5-3-2-4-6-16)23-18(21-13)20-12-14-7-9-15(19)10-8-14/h7-11,16H,2-6,12H2,1H3,(H2,20,21,22,23). The number of rotatable bonds is 5. The van der Waals surface area contributed by atoms with E-state index in [1.54, 1.807) is 12.1 Å². The zero-order valence-electron chi connectivity index (χ0n) is 13.5. The van der Waals surface area contributed by atoms with Gasteiger partial charge in [0.15, 0.2) is 0 Å². The van der Waals surface area contributed by atoms with E-state index in [9.17, 15) is 4.39 Å². The SMILES string of the molecule is Cc1cc(NC2CCCCC2)nc(NCc2ccc(F)cc2)n1. The number of aromatic nitrogens is 2. The average Bonchev–Trinajstić information content (AvgIpc) is 2.55. The Balaban J connectivity index is 1.63. The van der Waals surface area contributed by atoms with Gasteiger partial charge < -0.3 is 10.6 Å². The molecule has 1 aromatic carbocycles. The van der Waals surface area contributed by atoms with E-state index in [1.807, 2.05) is 13.0 Å². The van der Waals surface area contributed by atoms with E-state index >= 15 is 0 Å². The molecule has 0 radical (unpaired) electrons. The number of benzene rings is 1. The van der Waals surface area contributed by atoms with Crippen molar-refractivity contribution in [3.63, 3.8) is 0 Å². The summed E-state index contributed by atoms with van der Waals surface area (Å²) >= 11 is 0. The molecule has 2 N–H and O–H groups in total. The van der Waals surface area contributed by atoms with Crippen LogP contribution in [0.2, 0.25) is 0 Å². The maximum Gasteiger partial charge on any atom is 0.225 e. The predicted molar refractivity (Wildman–Crippen MR) is 91.0 cm³/mol. The number of hydrogen-bond acceptors (Lipinski definition) is 4. The Hall–Kier alpha value is -2.17. The first-order valence-electron chi connectivity index (χ1n) is 8.29. The van der Waals surface area contributed by atoms with E-state index in [2.05, 4.69) is 20.6 Å². The molecular weight excluding hydrogens is 291 g/mol. The van der Waals surface area contributed by atoms with E-state index in [0.717, 1.165) is 17.1 Å². The molecule has 4 nitrogen and oxygen atoms in total. The van der Waals surface area contributed by atoms with Crippen LogP contribution in [-0.2, 0) is 6.54 Å². The summed E-state index contributed by atoms with van der Waals surface area (Å²) in [5, 5.41) is 6.74. The van der Waals surface area contributed by atoms with Gasteiger partial charge in [0.1, 0.15) is 11.6 Å². The number of hydrogen-bond donors (Lipinski definition) is 2. The zero-order valence-corrected chi connectivity index (χ0v) is 13.5. The molecule has 1 saturated carbocycles. The minimum Gasteiger partial charge on any atom is -0.367 e. The lowest BCUT2D eigenvalue weighted by Gasteiger charge is -2.23. The summed E-state index contributed by atoms with van der Waals surface area (Å²) in [4.78, 5) is 8.98. The van der Waals surface area contributed by atoms with Crippen molar-refractivity contribution in [3.8, 4) is 0 Å². The third-order valence-corrected chi connectivity index (χ3v) is 4.18. The summed E-state index contributed by atoms with van der Waals surface area (Å²) in [5.74, 6) is 1.26. The van der Waals surface area contributed by atoms with Crippen LogP contribution in [0.15, 0.2) is 30.3 Å². The second kappa shape index (κ2) is 7.40. The van der Waals surface area contributed by atoms with Crippen LogP contribution in [0.3, 0.4) is 0 Å². The van der Waals surface area contributed by atoms with Gasteiger partial charge in [0.2, 0.25) is 5.95 Å². The van der Waals surface area contributed by atoms with Gasteiger partial charge in [-0.2, -0.15) is 4.98 Å². The lowest BCUT2D eigenvalue weighted by atomic mass is 9.95. The van der Waals surface area contributed by atoms with Crippen LogP contribution in [0.4, 0.5) is 16.2 Å². The Morgan fingerprint density at radius 3 is 2.57 bits per heavy atom. The molecule has 0 unspecified atom stereocenters. The van der Waals surface area contributed by atoms with Crippen molar-refractivity contribution in [2.75, 3.05) is 10.6 Å². The molecule has 0 spiro atoms. The van der Waals surface area contributed by atoms with Crippen molar-refractivity contribution < 1.29 is 4.39 Å². The number of anilines is 2. The van der Waals surface area contributed by atoms with Crippen molar-refractivity contribution in [1.82, 2.24) is 9.97 Å².